The second kappa shape index (κ2) is 4.98. The summed E-state index contributed by atoms with van der Waals surface area (Å²) in [5.41, 5.74) is -1.03. The Morgan fingerprint density at radius 2 is 1.64 bits per heavy atom. The van der Waals surface area contributed by atoms with Gasteiger partial charge in [-0.25, -0.2) is 4.79 Å². The molecule has 0 atom stereocenters. The minimum absolute atomic E-state index is 0.155. The van der Waals surface area contributed by atoms with Gasteiger partial charge in [-0.1, -0.05) is 0 Å². The van der Waals surface area contributed by atoms with Crippen molar-refractivity contribution in [3.63, 3.8) is 0 Å². The van der Waals surface area contributed by atoms with Crippen molar-refractivity contribution in [2.24, 2.45) is 0 Å². The average molecular weight is 201 g/mol. The summed E-state index contributed by atoms with van der Waals surface area (Å²) in [5, 5.41) is 0. The third kappa shape index (κ3) is 3.36. The molecule has 82 valence electrons. The fraction of sp³-hybridized carbons (Fsp3) is 0.800. The molecule has 4 nitrogen and oxygen atoms in total. The van der Waals surface area contributed by atoms with E-state index in [1.54, 1.807) is 13.8 Å². The second-order valence-electron chi connectivity index (χ2n) is 3.61. The quantitative estimate of drug-likeness (QED) is 0.697. The fourth-order valence-electron chi connectivity index (χ4n) is 0.836. The Balaban J connectivity index is 4.38. The summed E-state index contributed by atoms with van der Waals surface area (Å²) < 4.78 is 5.08. The topological polar surface area (TPSA) is 46.6 Å². The predicted octanol–water partition coefficient (Wildman–Crippen LogP) is 1.83. The van der Waals surface area contributed by atoms with Gasteiger partial charge in [-0.3, -0.25) is 4.79 Å². The number of ketones is 1. The van der Waals surface area contributed by atoms with Gasteiger partial charge in [-0.05, 0) is 34.6 Å². The van der Waals surface area contributed by atoms with Crippen molar-refractivity contribution in [2.75, 3.05) is 13.1 Å². The van der Waals surface area contributed by atoms with Crippen LogP contribution < -0.4 is 0 Å². The van der Waals surface area contributed by atoms with Crippen LogP contribution in [-0.4, -0.2) is 35.5 Å². The molecule has 0 fully saturated rings. The molecule has 0 aromatic rings. The van der Waals surface area contributed by atoms with E-state index in [-0.39, 0.29) is 5.78 Å². The summed E-state index contributed by atoms with van der Waals surface area (Å²) >= 11 is 0. The van der Waals surface area contributed by atoms with Gasteiger partial charge in [0.2, 0.25) is 0 Å². The summed E-state index contributed by atoms with van der Waals surface area (Å²) in [6.45, 7) is 9.51. The van der Waals surface area contributed by atoms with E-state index in [9.17, 15) is 9.59 Å². The lowest BCUT2D eigenvalue weighted by Crippen LogP contribution is -2.41. The highest BCUT2D eigenvalue weighted by atomic mass is 16.6. The van der Waals surface area contributed by atoms with Gasteiger partial charge in [0.15, 0.2) is 11.4 Å². The van der Waals surface area contributed by atoms with Crippen LogP contribution in [0.2, 0.25) is 0 Å². The zero-order chi connectivity index (χ0) is 11.4. The highest BCUT2D eigenvalue weighted by Gasteiger charge is 2.29. The Morgan fingerprint density at radius 1 is 1.21 bits per heavy atom. The molecule has 0 saturated heterocycles. The molecule has 0 rings (SSSR count). The van der Waals surface area contributed by atoms with Crippen LogP contribution in [0.5, 0.6) is 0 Å². The first-order valence-electron chi connectivity index (χ1n) is 4.84. The van der Waals surface area contributed by atoms with Crippen molar-refractivity contribution in [2.45, 2.75) is 40.2 Å². The number of hydrogen-bond donors (Lipinski definition) is 0. The molecule has 1 amide bonds. The minimum Gasteiger partial charge on any atom is -0.435 e. The maximum absolute atomic E-state index is 11.5. The van der Waals surface area contributed by atoms with Gasteiger partial charge in [0, 0.05) is 13.1 Å². The highest BCUT2D eigenvalue weighted by Crippen LogP contribution is 2.12. The summed E-state index contributed by atoms with van der Waals surface area (Å²) in [6.07, 6.45) is -0.435. The largest absolute Gasteiger partial charge is 0.435 e. The molecule has 0 N–H and O–H groups in total. The molecule has 0 saturated carbocycles. The van der Waals surface area contributed by atoms with Gasteiger partial charge >= 0.3 is 6.09 Å². The van der Waals surface area contributed by atoms with Crippen LogP contribution in [0.3, 0.4) is 0 Å². The zero-order valence-electron chi connectivity index (χ0n) is 9.59. The fourth-order valence-corrected chi connectivity index (χ4v) is 0.836. The van der Waals surface area contributed by atoms with Gasteiger partial charge < -0.3 is 9.64 Å². The number of amides is 1. The van der Waals surface area contributed by atoms with E-state index >= 15 is 0 Å². The first-order valence-corrected chi connectivity index (χ1v) is 4.84. The molecule has 0 aliphatic rings. The maximum Gasteiger partial charge on any atom is 0.410 e. The number of Topliss-reactive ketones (excluding diaryl/α,β-unsaturated/α-hetero) is 1. The Labute approximate surface area is 85.2 Å². The van der Waals surface area contributed by atoms with Gasteiger partial charge in [-0.2, -0.15) is 0 Å². The predicted molar refractivity (Wildman–Crippen MR) is 54.2 cm³/mol. The Bertz CT molecular complexity index is 219. The molecule has 0 spiro atoms. The van der Waals surface area contributed by atoms with Crippen molar-refractivity contribution >= 4 is 11.9 Å². The Kier molecular flexibility index (Phi) is 4.60. The molecule has 0 radical (unpaired) electrons. The SMILES string of the molecule is CCN(CC)C(=O)OC(C)(C)C(C)=O. The normalized spacial score (nSPS) is 10.9. The van der Waals surface area contributed by atoms with Crippen LogP contribution in [0.25, 0.3) is 0 Å². The van der Waals surface area contributed by atoms with E-state index in [1.165, 1.54) is 11.8 Å². The molecule has 0 aliphatic heterocycles. The number of hydrogen-bond acceptors (Lipinski definition) is 3. The molecule has 0 aromatic heterocycles. The monoisotopic (exact) mass is 201 g/mol. The maximum atomic E-state index is 11.5. The minimum atomic E-state index is -1.03. The van der Waals surface area contributed by atoms with Crippen molar-refractivity contribution < 1.29 is 14.3 Å². The van der Waals surface area contributed by atoms with E-state index in [0.717, 1.165) is 0 Å². The van der Waals surface area contributed by atoms with Crippen LogP contribution in [-0.2, 0) is 9.53 Å². The number of carbonyl (C=O) groups excluding carboxylic acids is 2. The van der Waals surface area contributed by atoms with Crippen molar-refractivity contribution in [1.82, 2.24) is 4.90 Å². The summed E-state index contributed by atoms with van der Waals surface area (Å²) in [5.74, 6) is -0.155. The summed E-state index contributed by atoms with van der Waals surface area (Å²) in [4.78, 5) is 24.1. The zero-order valence-corrected chi connectivity index (χ0v) is 9.59. The second-order valence-corrected chi connectivity index (χ2v) is 3.61. The molecule has 0 heterocycles. The molecule has 0 aromatic carbocycles. The highest BCUT2D eigenvalue weighted by molar-refractivity contribution is 5.86. The van der Waals surface area contributed by atoms with E-state index < -0.39 is 11.7 Å². The van der Waals surface area contributed by atoms with Gasteiger partial charge in [-0.15, -0.1) is 0 Å². The van der Waals surface area contributed by atoms with Crippen molar-refractivity contribution in [3.05, 3.63) is 0 Å². The lowest BCUT2D eigenvalue weighted by atomic mass is 10.1. The van der Waals surface area contributed by atoms with Crippen molar-refractivity contribution in [3.8, 4) is 0 Å². The molecule has 4 heteroatoms. The summed E-state index contributed by atoms with van der Waals surface area (Å²) in [6, 6.07) is 0. The molecule has 0 aliphatic carbocycles. The average Bonchev–Trinajstić information content (AvgIpc) is 2.05. The number of ether oxygens (including phenoxy) is 1. The Hall–Kier alpha value is -1.06. The number of rotatable bonds is 4. The molecular weight excluding hydrogens is 182 g/mol. The number of carbonyl (C=O) groups is 2. The first-order chi connectivity index (χ1) is 6.35. The third-order valence-electron chi connectivity index (χ3n) is 2.21. The molecule has 0 unspecified atom stereocenters. The first kappa shape index (κ1) is 12.9. The van der Waals surface area contributed by atoms with Crippen LogP contribution in [0.1, 0.15) is 34.6 Å². The van der Waals surface area contributed by atoms with E-state index in [1.807, 2.05) is 13.8 Å². The molecule has 14 heavy (non-hydrogen) atoms. The van der Waals surface area contributed by atoms with E-state index in [2.05, 4.69) is 0 Å². The van der Waals surface area contributed by atoms with Gasteiger partial charge in [0.25, 0.3) is 0 Å². The van der Waals surface area contributed by atoms with Crippen LogP contribution in [0.4, 0.5) is 4.79 Å². The number of nitrogens with zero attached hydrogens (tertiary/aromatic N) is 1. The van der Waals surface area contributed by atoms with Crippen molar-refractivity contribution in [1.29, 1.82) is 0 Å². The molecular formula is C10H19NO3. The van der Waals surface area contributed by atoms with Gasteiger partial charge in [0.05, 0.1) is 0 Å². The van der Waals surface area contributed by atoms with E-state index in [0.29, 0.717) is 13.1 Å². The van der Waals surface area contributed by atoms with Crippen LogP contribution in [0.15, 0.2) is 0 Å². The third-order valence-corrected chi connectivity index (χ3v) is 2.21. The standard InChI is InChI=1S/C10H19NO3/c1-6-11(7-2)9(13)14-10(4,5)8(3)12/h6-7H2,1-5H3. The van der Waals surface area contributed by atoms with Crippen LogP contribution >= 0.6 is 0 Å². The smallest absolute Gasteiger partial charge is 0.410 e. The lowest BCUT2D eigenvalue weighted by molar-refractivity contribution is -0.133. The van der Waals surface area contributed by atoms with Crippen LogP contribution in [0, 0.1) is 0 Å². The molecule has 0 bridgehead atoms. The Morgan fingerprint density at radius 3 is 1.93 bits per heavy atom. The lowest BCUT2D eigenvalue weighted by Gasteiger charge is -2.26. The van der Waals surface area contributed by atoms with E-state index in [4.69, 9.17) is 4.74 Å². The van der Waals surface area contributed by atoms with Gasteiger partial charge in [0.1, 0.15) is 0 Å². The summed E-state index contributed by atoms with van der Waals surface area (Å²) in [7, 11) is 0.